The first-order valence-electron chi connectivity index (χ1n) is 8.29. The monoisotopic (exact) mass is 370 g/mol. The number of hydrogen-bond acceptors (Lipinski definition) is 8. The molecule has 0 bridgehead atoms. The number of rotatable bonds is 6. The van der Waals surface area contributed by atoms with Gasteiger partial charge in [0.25, 0.3) is 0 Å². The highest BCUT2D eigenvalue weighted by molar-refractivity contribution is 5.94. The number of nitrogens with zero attached hydrogens (tertiary/aromatic N) is 3. The molecule has 0 aliphatic heterocycles. The molecule has 0 spiro atoms. The van der Waals surface area contributed by atoms with Crippen LogP contribution in [0.2, 0.25) is 0 Å². The molecule has 0 unspecified atom stereocenters. The minimum atomic E-state index is -0.734. The third-order valence-electron chi connectivity index (χ3n) is 3.71. The lowest BCUT2D eigenvalue weighted by atomic mass is 10.1. The van der Waals surface area contributed by atoms with Crippen LogP contribution in [0, 0.1) is 0 Å². The Balaban J connectivity index is 1.62. The average molecular weight is 370 g/mol. The normalized spacial score (nSPS) is 11.5. The number of aliphatic imine (C=N–C) groups is 1. The average Bonchev–Trinajstić information content (AvgIpc) is 3.12. The van der Waals surface area contributed by atoms with Crippen molar-refractivity contribution in [3.63, 3.8) is 0 Å². The molecule has 0 radical (unpaired) electrons. The second-order valence-corrected chi connectivity index (χ2v) is 6.10. The first-order chi connectivity index (χ1) is 13.0. The van der Waals surface area contributed by atoms with Crippen LogP contribution >= 0.6 is 0 Å². The van der Waals surface area contributed by atoms with Crippen molar-refractivity contribution in [3.8, 4) is 5.75 Å². The van der Waals surface area contributed by atoms with Crippen molar-refractivity contribution < 1.29 is 18.8 Å². The lowest BCUT2D eigenvalue weighted by Crippen LogP contribution is -2.25. The van der Waals surface area contributed by atoms with Gasteiger partial charge in [0.2, 0.25) is 11.8 Å². The van der Waals surface area contributed by atoms with Gasteiger partial charge in [0.1, 0.15) is 23.4 Å². The zero-order chi connectivity index (χ0) is 19.4. The summed E-state index contributed by atoms with van der Waals surface area (Å²) in [5.41, 5.74) is -0.572. The maximum absolute atomic E-state index is 12.0. The van der Waals surface area contributed by atoms with E-state index in [-0.39, 0.29) is 35.9 Å². The van der Waals surface area contributed by atoms with E-state index in [1.54, 1.807) is 24.3 Å². The molecular formula is C18H18N4O5. The van der Waals surface area contributed by atoms with E-state index in [4.69, 9.17) is 8.94 Å². The zero-order valence-corrected chi connectivity index (χ0v) is 14.8. The maximum atomic E-state index is 12.0. The Morgan fingerprint density at radius 1 is 1.37 bits per heavy atom. The van der Waals surface area contributed by atoms with E-state index in [1.165, 1.54) is 0 Å². The number of carbonyl (C=O) groups excluding carboxylic acids is 1. The van der Waals surface area contributed by atoms with Crippen molar-refractivity contribution in [3.05, 3.63) is 52.0 Å². The lowest BCUT2D eigenvalue weighted by Gasteiger charge is -2.02. The molecule has 2 aromatic heterocycles. The van der Waals surface area contributed by atoms with Gasteiger partial charge in [-0.05, 0) is 12.1 Å². The van der Waals surface area contributed by atoms with Crippen molar-refractivity contribution in [1.29, 1.82) is 0 Å². The van der Waals surface area contributed by atoms with Crippen molar-refractivity contribution in [2.45, 2.75) is 26.3 Å². The Morgan fingerprint density at radius 3 is 2.89 bits per heavy atom. The van der Waals surface area contributed by atoms with Crippen LogP contribution < -0.4 is 10.9 Å². The van der Waals surface area contributed by atoms with E-state index in [0.717, 1.165) is 6.21 Å². The molecule has 0 fully saturated rings. The SMILES string of the molecule is CC(C)c1noc(CNC(=O)CN=Cc2c(O)c3ccccc3oc2=O)n1. The van der Waals surface area contributed by atoms with Crippen LogP contribution in [0.4, 0.5) is 0 Å². The molecular weight excluding hydrogens is 352 g/mol. The Bertz CT molecular complexity index is 1050. The largest absolute Gasteiger partial charge is 0.506 e. The Morgan fingerprint density at radius 2 is 2.15 bits per heavy atom. The molecule has 1 amide bonds. The predicted molar refractivity (Wildman–Crippen MR) is 96.8 cm³/mol. The molecule has 1 aromatic carbocycles. The van der Waals surface area contributed by atoms with Crippen molar-refractivity contribution in [2.75, 3.05) is 6.54 Å². The number of amides is 1. The van der Waals surface area contributed by atoms with Crippen LogP contribution in [0.3, 0.4) is 0 Å². The third-order valence-corrected chi connectivity index (χ3v) is 3.71. The highest BCUT2D eigenvalue weighted by Gasteiger charge is 2.12. The Hall–Kier alpha value is -3.49. The molecule has 0 saturated carbocycles. The lowest BCUT2D eigenvalue weighted by molar-refractivity contribution is -0.119. The van der Waals surface area contributed by atoms with Gasteiger partial charge in [-0.15, -0.1) is 0 Å². The summed E-state index contributed by atoms with van der Waals surface area (Å²) in [6.45, 7) is 3.70. The standard InChI is InChI=1S/C18H18N4O5/c1-10(2)17-21-15(27-22-17)9-20-14(23)8-19-7-12-16(24)11-5-3-4-6-13(11)26-18(12)25/h3-7,10,24H,8-9H2,1-2H3,(H,20,23). The molecule has 0 aliphatic carbocycles. The Kier molecular flexibility index (Phi) is 5.30. The fourth-order valence-electron chi connectivity index (χ4n) is 2.29. The van der Waals surface area contributed by atoms with Crippen LogP contribution in [0.1, 0.15) is 37.0 Å². The van der Waals surface area contributed by atoms with Gasteiger partial charge >= 0.3 is 5.63 Å². The number of hydrogen-bond donors (Lipinski definition) is 2. The molecule has 2 heterocycles. The summed E-state index contributed by atoms with van der Waals surface area (Å²) in [7, 11) is 0. The summed E-state index contributed by atoms with van der Waals surface area (Å²) in [5.74, 6) is 0.349. The number of para-hydroxylation sites is 1. The van der Waals surface area contributed by atoms with E-state index in [2.05, 4.69) is 20.4 Å². The summed E-state index contributed by atoms with van der Waals surface area (Å²) < 4.78 is 10.1. The smallest absolute Gasteiger partial charge is 0.348 e. The van der Waals surface area contributed by atoms with E-state index in [1.807, 2.05) is 13.8 Å². The molecule has 2 N–H and O–H groups in total. The van der Waals surface area contributed by atoms with Crippen molar-refractivity contribution >= 4 is 23.1 Å². The first-order valence-corrected chi connectivity index (χ1v) is 8.29. The minimum Gasteiger partial charge on any atom is -0.506 e. The highest BCUT2D eigenvalue weighted by Crippen LogP contribution is 2.24. The number of carbonyl (C=O) groups is 1. The molecule has 27 heavy (non-hydrogen) atoms. The summed E-state index contributed by atoms with van der Waals surface area (Å²) >= 11 is 0. The van der Waals surface area contributed by atoms with Crippen molar-refractivity contribution in [2.24, 2.45) is 4.99 Å². The molecule has 0 saturated heterocycles. The van der Waals surface area contributed by atoms with Crippen LogP contribution in [-0.2, 0) is 11.3 Å². The second-order valence-electron chi connectivity index (χ2n) is 6.10. The molecule has 140 valence electrons. The number of aromatic nitrogens is 2. The fraction of sp³-hybridized carbons (Fsp3) is 0.278. The summed E-state index contributed by atoms with van der Waals surface area (Å²) in [6.07, 6.45) is 1.12. The van der Waals surface area contributed by atoms with Gasteiger partial charge in [-0.1, -0.05) is 31.1 Å². The van der Waals surface area contributed by atoms with Crippen molar-refractivity contribution in [1.82, 2.24) is 15.5 Å². The zero-order valence-electron chi connectivity index (χ0n) is 14.8. The van der Waals surface area contributed by atoms with Gasteiger partial charge in [0.15, 0.2) is 5.82 Å². The van der Waals surface area contributed by atoms with Gasteiger partial charge in [-0.25, -0.2) is 4.79 Å². The molecule has 9 heteroatoms. The predicted octanol–water partition coefficient (Wildman–Crippen LogP) is 1.74. The molecule has 3 aromatic rings. The first kappa shape index (κ1) is 18.3. The van der Waals surface area contributed by atoms with Crippen LogP contribution in [-0.4, -0.2) is 33.9 Å². The van der Waals surface area contributed by atoms with Gasteiger partial charge < -0.3 is 19.4 Å². The molecule has 3 rings (SSSR count). The van der Waals surface area contributed by atoms with Gasteiger partial charge in [0, 0.05) is 12.1 Å². The van der Waals surface area contributed by atoms with Gasteiger partial charge in [-0.2, -0.15) is 4.98 Å². The van der Waals surface area contributed by atoms with Gasteiger partial charge in [0.05, 0.1) is 11.9 Å². The van der Waals surface area contributed by atoms with Crippen LogP contribution in [0.5, 0.6) is 5.75 Å². The third kappa shape index (κ3) is 4.20. The number of fused-ring (bicyclic) bond motifs is 1. The summed E-state index contributed by atoms with van der Waals surface area (Å²) in [4.78, 5) is 31.8. The quantitative estimate of drug-likeness (QED) is 0.499. The fourth-order valence-corrected chi connectivity index (χ4v) is 2.29. The number of benzene rings is 1. The van der Waals surface area contributed by atoms with E-state index in [9.17, 15) is 14.7 Å². The Labute approximate surface area is 153 Å². The summed E-state index contributed by atoms with van der Waals surface area (Å²) in [5, 5.41) is 17.0. The maximum Gasteiger partial charge on any atom is 0.348 e. The van der Waals surface area contributed by atoms with Gasteiger partial charge in [-0.3, -0.25) is 9.79 Å². The number of aromatic hydroxyl groups is 1. The molecule has 9 nitrogen and oxygen atoms in total. The molecule has 0 atom stereocenters. The second kappa shape index (κ2) is 7.81. The topological polar surface area (TPSA) is 131 Å². The van der Waals surface area contributed by atoms with E-state index < -0.39 is 11.5 Å². The summed E-state index contributed by atoms with van der Waals surface area (Å²) in [6, 6.07) is 6.59. The van der Waals surface area contributed by atoms with E-state index >= 15 is 0 Å². The van der Waals surface area contributed by atoms with Crippen LogP contribution in [0.15, 0.2) is 43.0 Å². The number of nitrogens with one attached hydrogen (secondary N) is 1. The van der Waals surface area contributed by atoms with Crippen LogP contribution in [0.25, 0.3) is 11.0 Å². The molecule has 0 aliphatic rings. The highest BCUT2D eigenvalue weighted by atomic mass is 16.5. The minimum absolute atomic E-state index is 0.0808. The van der Waals surface area contributed by atoms with E-state index in [0.29, 0.717) is 17.1 Å².